The fourth-order valence-corrected chi connectivity index (χ4v) is 4.12. The average molecular weight is 388 g/mol. The van der Waals surface area contributed by atoms with Crippen molar-refractivity contribution in [2.24, 2.45) is 11.7 Å². The Labute approximate surface area is 163 Å². The summed E-state index contributed by atoms with van der Waals surface area (Å²) >= 11 is 0. The first-order valence-corrected chi connectivity index (χ1v) is 8.87. The highest BCUT2D eigenvalue weighted by molar-refractivity contribution is 5.86. The van der Waals surface area contributed by atoms with Crippen LogP contribution in [0.25, 0.3) is 0 Å². The second-order valence-electron chi connectivity index (χ2n) is 7.42. The van der Waals surface area contributed by atoms with Gasteiger partial charge in [-0.05, 0) is 37.3 Å². The molecular formula is C19H31Cl2N3O. The molecule has 1 saturated heterocycles. The van der Waals surface area contributed by atoms with Crippen LogP contribution in [0.1, 0.15) is 37.7 Å². The number of amides is 1. The van der Waals surface area contributed by atoms with Crippen LogP contribution >= 0.6 is 24.8 Å². The first-order chi connectivity index (χ1) is 11.1. The first kappa shape index (κ1) is 22.2. The van der Waals surface area contributed by atoms with Crippen LogP contribution in [0, 0.1) is 5.92 Å². The average Bonchev–Trinajstić information content (AvgIpc) is 3.18. The van der Waals surface area contributed by atoms with Crippen LogP contribution in [0.2, 0.25) is 0 Å². The third-order valence-electron chi connectivity index (χ3n) is 5.42. The van der Waals surface area contributed by atoms with Crippen molar-refractivity contribution < 1.29 is 4.79 Å². The molecule has 1 saturated carbocycles. The topological polar surface area (TPSA) is 49.6 Å². The molecule has 1 aliphatic heterocycles. The molecule has 2 N–H and O–H groups in total. The number of rotatable bonds is 5. The van der Waals surface area contributed by atoms with Crippen LogP contribution in [0.5, 0.6) is 0 Å². The zero-order valence-corrected chi connectivity index (χ0v) is 16.7. The highest BCUT2D eigenvalue weighted by Gasteiger charge is 2.39. The molecule has 25 heavy (non-hydrogen) atoms. The van der Waals surface area contributed by atoms with Gasteiger partial charge in [0.05, 0.1) is 5.54 Å². The van der Waals surface area contributed by atoms with Gasteiger partial charge in [0.1, 0.15) is 0 Å². The minimum absolute atomic E-state index is 0. The number of carbonyl (C=O) groups is 1. The van der Waals surface area contributed by atoms with Gasteiger partial charge >= 0.3 is 0 Å². The van der Waals surface area contributed by atoms with Crippen LogP contribution in [0.15, 0.2) is 30.3 Å². The zero-order valence-electron chi connectivity index (χ0n) is 15.0. The van der Waals surface area contributed by atoms with Crippen LogP contribution < -0.4 is 5.73 Å². The Morgan fingerprint density at radius 3 is 2.52 bits per heavy atom. The van der Waals surface area contributed by atoms with Crippen molar-refractivity contribution in [2.45, 2.75) is 44.2 Å². The fourth-order valence-electron chi connectivity index (χ4n) is 4.12. The number of benzene rings is 1. The molecule has 1 unspecified atom stereocenters. The van der Waals surface area contributed by atoms with Gasteiger partial charge in [-0.2, -0.15) is 0 Å². The maximum atomic E-state index is 12.6. The van der Waals surface area contributed by atoms with Crippen molar-refractivity contribution in [2.75, 3.05) is 26.7 Å². The third kappa shape index (κ3) is 5.58. The molecule has 1 amide bonds. The van der Waals surface area contributed by atoms with Gasteiger partial charge in [-0.25, -0.2) is 0 Å². The number of hydrogen-bond donors (Lipinski definition) is 1. The molecule has 1 aromatic rings. The second kappa shape index (κ2) is 9.77. The monoisotopic (exact) mass is 387 g/mol. The molecular weight excluding hydrogens is 357 g/mol. The van der Waals surface area contributed by atoms with E-state index in [2.05, 4.69) is 35.2 Å². The van der Waals surface area contributed by atoms with Gasteiger partial charge in [-0.15, -0.1) is 24.8 Å². The number of carbonyl (C=O) groups excluding carboxylic acids is 1. The van der Waals surface area contributed by atoms with Crippen molar-refractivity contribution in [1.29, 1.82) is 0 Å². The standard InChI is InChI=1S/C19H29N3O.2ClH/c1-21(18(23)19(20)10-5-6-11-19)13-17-9-12-22(15-17)14-16-7-3-2-4-8-16;;/h2-4,7-8,17H,5-6,9-15,20H2,1H3;2*1H. The van der Waals surface area contributed by atoms with Gasteiger partial charge in [-0.3, -0.25) is 9.69 Å². The van der Waals surface area contributed by atoms with Crippen LogP contribution in [-0.2, 0) is 11.3 Å². The Kier molecular flexibility index (Phi) is 8.69. The number of likely N-dealkylation sites (N-methyl/N-ethyl adjacent to an activating group) is 1. The Morgan fingerprint density at radius 1 is 1.24 bits per heavy atom. The highest BCUT2D eigenvalue weighted by Crippen LogP contribution is 2.29. The van der Waals surface area contributed by atoms with Crippen LogP contribution in [-0.4, -0.2) is 47.9 Å². The number of halogens is 2. The van der Waals surface area contributed by atoms with E-state index in [4.69, 9.17) is 5.73 Å². The summed E-state index contributed by atoms with van der Waals surface area (Å²) in [6, 6.07) is 10.6. The molecule has 2 fully saturated rings. The van der Waals surface area contributed by atoms with Gasteiger partial charge in [0.15, 0.2) is 0 Å². The van der Waals surface area contributed by atoms with E-state index in [9.17, 15) is 4.79 Å². The summed E-state index contributed by atoms with van der Waals surface area (Å²) in [7, 11) is 1.93. The Morgan fingerprint density at radius 2 is 1.88 bits per heavy atom. The predicted octanol–water partition coefficient (Wildman–Crippen LogP) is 3.08. The molecule has 142 valence electrons. The van der Waals surface area contributed by atoms with Crippen LogP contribution in [0.3, 0.4) is 0 Å². The van der Waals surface area contributed by atoms with Crippen LogP contribution in [0.4, 0.5) is 0 Å². The summed E-state index contributed by atoms with van der Waals surface area (Å²) in [5.74, 6) is 0.717. The molecule has 0 radical (unpaired) electrons. The second-order valence-corrected chi connectivity index (χ2v) is 7.42. The lowest BCUT2D eigenvalue weighted by atomic mass is 9.96. The molecule has 2 aliphatic rings. The van der Waals surface area contributed by atoms with E-state index in [-0.39, 0.29) is 30.7 Å². The first-order valence-electron chi connectivity index (χ1n) is 8.87. The smallest absolute Gasteiger partial charge is 0.242 e. The molecule has 0 aromatic heterocycles. The summed E-state index contributed by atoms with van der Waals surface area (Å²) in [4.78, 5) is 17.0. The minimum Gasteiger partial charge on any atom is -0.344 e. The molecule has 6 heteroatoms. The van der Waals surface area contributed by atoms with Gasteiger partial charge < -0.3 is 10.6 Å². The molecule has 1 atom stereocenters. The normalized spacial score (nSPS) is 22.1. The third-order valence-corrected chi connectivity index (χ3v) is 5.42. The molecule has 0 spiro atoms. The Balaban J connectivity index is 0.00000156. The van der Waals surface area contributed by atoms with Gasteiger partial charge in [0, 0.05) is 26.7 Å². The van der Waals surface area contributed by atoms with E-state index >= 15 is 0 Å². The molecule has 4 nitrogen and oxygen atoms in total. The molecule has 1 aromatic carbocycles. The molecule has 0 bridgehead atoms. The summed E-state index contributed by atoms with van der Waals surface area (Å²) in [6.45, 7) is 4.04. The molecule has 3 rings (SSSR count). The number of hydrogen-bond acceptors (Lipinski definition) is 3. The lowest BCUT2D eigenvalue weighted by Crippen LogP contribution is -2.53. The number of nitrogens with two attached hydrogens (primary N) is 1. The van der Waals surface area contributed by atoms with E-state index in [0.717, 1.165) is 51.9 Å². The summed E-state index contributed by atoms with van der Waals surface area (Å²) in [6.07, 6.45) is 5.04. The van der Waals surface area contributed by atoms with E-state index < -0.39 is 5.54 Å². The largest absolute Gasteiger partial charge is 0.344 e. The van der Waals surface area contributed by atoms with Gasteiger partial charge in [0.25, 0.3) is 0 Å². The lowest BCUT2D eigenvalue weighted by Gasteiger charge is -2.30. The van der Waals surface area contributed by atoms with Crippen molar-refractivity contribution in [3.05, 3.63) is 35.9 Å². The van der Waals surface area contributed by atoms with Gasteiger partial charge in [-0.1, -0.05) is 43.2 Å². The summed E-state index contributed by atoms with van der Waals surface area (Å²) in [5.41, 5.74) is 7.08. The van der Waals surface area contributed by atoms with Crippen molar-refractivity contribution in [3.8, 4) is 0 Å². The van der Waals surface area contributed by atoms with Crippen molar-refractivity contribution in [3.63, 3.8) is 0 Å². The van der Waals surface area contributed by atoms with E-state index in [1.165, 1.54) is 12.0 Å². The summed E-state index contributed by atoms with van der Waals surface area (Å²) in [5, 5.41) is 0. The van der Waals surface area contributed by atoms with E-state index in [1.54, 1.807) is 0 Å². The SMILES string of the molecule is CN(CC1CCN(Cc2ccccc2)C1)C(=O)C1(N)CCCC1.Cl.Cl. The summed E-state index contributed by atoms with van der Waals surface area (Å²) < 4.78 is 0. The maximum Gasteiger partial charge on any atom is 0.242 e. The number of likely N-dealkylation sites (tertiary alicyclic amines) is 1. The van der Waals surface area contributed by atoms with E-state index in [1.807, 2.05) is 11.9 Å². The van der Waals surface area contributed by atoms with Crippen molar-refractivity contribution >= 4 is 30.7 Å². The Hall–Kier alpha value is -0.810. The minimum atomic E-state index is -0.586. The molecule has 1 heterocycles. The lowest BCUT2D eigenvalue weighted by molar-refractivity contribution is -0.136. The predicted molar refractivity (Wildman–Crippen MR) is 107 cm³/mol. The van der Waals surface area contributed by atoms with E-state index in [0.29, 0.717) is 5.92 Å². The number of nitrogens with zero attached hydrogens (tertiary/aromatic N) is 2. The van der Waals surface area contributed by atoms with Crippen molar-refractivity contribution in [1.82, 2.24) is 9.80 Å². The fraction of sp³-hybridized carbons (Fsp3) is 0.632. The highest BCUT2D eigenvalue weighted by atomic mass is 35.5. The molecule has 1 aliphatic carbocycles. The zero-order chi connectivity index (χ0) is 16.3. The Bertz CT molecular complexity index is 535. The maximum absolute atomic E-state index is 12.6. The van der Waals surface area contributed by atoms with Gasteiger partial charge in [0.2, 0.25) is 5.91 Å². The quantitative estimate of drug-likeness (QED) is 0.844.